The number of rotatable bonds is 8. The molecule has 0 radical (unpaired) electrons. The number of nitrogens with one attached hydrogen (secondary N) is 1. The molecule has 1 heterocycles. The van der Waals surface area contributed by atoms with Crippen molar-refractivity contribution in [2.24, 2.45) is 5.92 Å². The van der Waals surface area contributed by atoms with Gasteiger partial charge in [-0.25, -0.2) is 0 Å². The molecule has 2 aromatic rings. The zero-order valence-corrected chi connectivity index (χ0v) is 17.2. The Kier molecular flexibility index (Phi) is 7.05. The van der Waals surface area contributed by atoms with Crippen LogP contribution in [-0.2, 0) is 11.2 Å². The van der Waals surface area contributed by atoms with Gasteiger partial charge >= 0.3 is 0 Å². The number of ether oxygens (including phenoxy) is 1. The number of benzene rings is 2. The van der Waals surface area contributed by atoms with Crippen LogP contribution in [0.15, 0.2) is 66.2 Å². The molecule has 0 aromatic heterocycles. The summed E-state index contributed by atoms with van der Waals surface area (Å²) >= 11 is 0. The average molecular weight is 378 g/mol. The van der Waals surface area contributed by atoms with Crippen molar-refractivity contribution in [2.75, 3.05) is 7.11 Å². The Morgan fingerprint density at radius 3 is 2.50 bits per heavy atom. The first-order chi connectivity index (χ1) is 13.6. The van der Waals surface area contributed by atoms with E-state index in [9.17, 15) is 4.79 Å². The number of methoxy groups -OCH3 is 1. The van der Waals surface area contributed by atoms with Crippen molar-refractivity contribution >= 4 is 5.78 Å². The second kappa shape index (κ2) is 9.70. The third kappa shape index (κ3) is 5.11. The summed E-state index contributed by atoms with van der Waals surface area (Å²) in [6, 6.07) is 18.6. The minimum absolute atomic E-state index is 0.00900. The lowest BCUT2D eigenvalue weighted by Gasteiger charge is -2.33. The van der Waals surface area contributed by atoms with Crippen molar-refractivity contribution < 1.29 is 9.53 Å². The Morgan fingerprint density at radius 1 is 1.07 bits per heavy atom. The SMILES string of the molecule is COc1ccccc1C1NC(C(=O)CC(C)C)CC=C1CCc1ccccc1. The second-order valence-corrected chi connectivity index (χ2v) is 7.96. The van der Waals surface area contributed by atoms with Gasteiger partial charge in [-0.15, -0.1) is 0 Å². The molecule has 0 bridgehead atoms. The predicted octanol–water partition coefficient (Wildman–Crippen LogP) is 5.27. The van der Waals surface area contributed by atoms with Gasteiger partial charge in [0.1, 0.15) is 11.5 Å². The highest BCUT2D eigenvalue weighted by atomic mass is 16.5. The molecule has 1 aliphatic rings. The van der Waals surface area contributed by atoms with E-state index < -0.39 is 0 Å². The van der Waals surface area contributed by atoms with Crippen LogP contribution in [0, 0.1) is 5.92 Å². The number of ketones is 1. The molecule has 0 fully saturated rings. The maximum atomic E-state index is 12.7. The van der Waals surface area contributed by atoms with Crippen molar-refractivity contribution in [3.8, 4) is 5.75 Å². The monoisotopic (exact) mass is 377 g/mol. The molecule has 3 rings (SSSR count). The Morgan fingerprint density at radius 2 is 1.79 bits per heavy atom. The summed E-state index contributed by atoms with van der Waals surface area (Å²) in [5.41, 5.74) is 3.77. The van der Waals surface area contributed by atoms with Gasteiger partial charge < -0.3 is 4.74 Å². The first kappa shape index (κ1) is 20.3. The molecular weight excluding hydrogens is 346 g/mol. The van der Waals surface area contributed by atoms with E-state index in [0.717, 1.165) is 30.6 Å². The molecule has 1 aliphatic heterocycles. The molecule has 1 N–H and O–H groups in total. The van der Waals surface area contributed by atoms with E-state index in [1.54, 1.807) is 7.11 Å². The van der Waals surface area contributed by atoms with Gasteiger partial charge in [-0.05, 0) is 36.8 Å². The highest BCUT2D eigenvalue weighted by molar-refractivity contribution is 5.84. The summed E-state index contributed by atoms with van der Waals surface area (Å²) in [5.74, 6) is 1.54. The lowest BCUT2D eigenvalue weighted by molar-refractivity contribution is -0.122. The summed E-state index contributed by atoms with van der Waals surface area (Å²) in [6.45, 7) is 4.19. The quantitative estimate of drug-likeness (QED) is 0.637. The highest BCUT2D eigenvalue weighted by Crippen LogP contribution is 2.35. The molecule has 3 nitrogen and oxygen atoms in total. The fourth-order valence-electron chi connectivity index (χ4n) is 3.91. The predicted molar refractivity (Wildman–Crippen MR) is 115 cm³/mol. The summed E-state index contributed by atoms with van der Waals surface area (Å²) in [5, 5.41) is 3.64. The maximum absolute atomic E-state index is 12.7. The molecule has 2 unspecified atom stereocenters. The van der Waals surface area contributed by atoms with E-state index in [1.165, 1.54) is 11.1 Å². The van der Waals surface area contributed by atoms with Crippen LogP contribution in [0.5, 0.6) is 5.75 Å². The van der Waals surface area contributed by atoms with E-state index in [0.29, 0.717) is 18.1 Å². The van der Waals surface area contributed by atoms with Crippen LogP contribution >= 0.6 is 0 Å². The molecule has 0 saturated heterocycles. The van der Waals surface area contributed by atoms with Crippen molar-refractivity contribution in [3.63, 3.8) is 0 Å². The van der Waals surface area contributed by atoms with Crippen LogP contribution in [0.3, 0.4) is 0 Å². The van der Waals surface area contributed by atoms with Gasteiger partial charge in [-0.2, -0.15) is 0 Å². The molecule has 0 spiro atoms. The van der Waals surface area contributed by atoms with Crippen LogP contribution in [0.25, 0.3) is 0 Å². The third-order valence-corrected chi connectivity index (χ3v) is 5.35. The lowest BCUT2D eigenvalue weighted by atomic mass is 9.86. The second-order valence-electron chi connectivity index (χ2n) is 7.96. The third-order valence-electron chi connectivity index (χ3n) is 5.35. The fourth-order valence-corrected chi connectivity index (χ4v) is 3.91. The molecular formula is C25H31NO2. The van der Waals surface area contributed by atoms with Crippen molar-refractivity contribution in [2.45, 2.75) is 51.6 Å². The molecule has 0 saturated carbocycles. The van der Waals surface area contributed by atoms with Gasteiger partial charge in [0.25, 0.3) is 0 Å². The molecule has 2 aromatic carbocycles. The molecule has 28 heavy (non-hydrogen) atoms. The number of aryl methyl sites for hydroxylation is 1. The van der Waals surface area contributed by atoms with Gasteiger partial charge in [0.15, 0.2) is 0 Å². The Labute approximate surface area is 168 Å². The van der Waals surface area contributed by atoms with Crippen LogP contribution in [0.2, 0.25) is 0 Å². The van der Waals surface area contributed by atoms with Gasteiger partial charge in [0.2, 0.25) is 0 Å². The van der Waals surface area contributed by atoms with E-state index in [-0.39, 0.29) is 12.1 Å². The molecule has 3 heteroatoms. The Balaban J connectivity index is 1.84. The summed E-state index contributed by atoms with van der Waals surface area (Å²) in [7, 11) is 1.70. The van der Waals surface area contributed by atoms with Crippen LogP contribution in [0.4, 0.5) is 0 Å². The van der Waals surface area contributed by atoms with E-state index in [1.807, 2.05) is 24.3 Å². The molecule has 148 valence electrons. The molecule has 0 aliphatic carbocycles. The van der Waals surface area contributed by atoms with Crippen molar-refractivity contribution in [3.05, 3.63) is 77.4 Å². The van der Waals surface area contributed by atoms with Crippen LogP contribution in [-0.4, -0.2) is 18.9 Å². The lowest BCUT2D eigenvalue weighted by Crippen LogP contribution is -2.42. The minimum Gasteiger partial charge on any atom is -0.496 e. The van der Waals surface area contributed by atoms with E-state index >= 15 is 0 Å². The van der Waals surface area contributed by atoms with Gasteiger partial charge in [0.05, 0.1) is 19.2 Å². The topological polar surface area (TPSA) is 38.3 Å². The number of hydrogen-bond donors (Lipinski definition) is 1. The van der Waals surface area contributed by atoms with Gasteiger partial charge in [0, 0.05) is 12.0 Å². The number of carbonyl (C=O) groups excluding carboxylic acids is 1. The molecule has 2 atom stereocenters. The van der Waals surface area contributed by atoms with Crippen molar-refractivity contribution in [1.82, 2.24) is 5.32 Å². The zero-order chi connectivity index (χ0) is 19.9. The highest BCUT2D eigenvalue weighted by Gasteiger charge is 2.30. The maximum Gasteiger partial charge on any atom is 0.150 e. The van der Waals surface area contributed by atoms with Gasteiger partial charge in [-0.1, -0.05) is 74.0 Å². The summed E-state index contributed by atoms with van der Waals surface area (Å²) < 4.78 is 5.62. The number of Topliss-reactive ketones (excluding diaryl/α,β-unsaturated/α-hetero) is 1. The number of hydrogen-bond acceptors (Lipinski definition) is 3. The van der Waals surface area contributed by atoms with Gasteiger partial charge in [-0.3, -0.25) is 10.1 Å². The summed E-state index contributed by atoms with van der Waals surface area (Å²) in [6.07, 6.45) is 5.61. The van der Waals surface area contributed by atoms with Crippen LogP contribution < -0.4 is 10.1 Å². The zero-order valence-electron chi connectivity index (χ0n) is 17.2. The first-order valence-electron chi connectivity index (χ1n) is 10.2. The van der Waals surface area contributed by atoms with E-state index in [4.69, 9.17) is 4.74 Å². The van der Waals surface area contributed by atoms with Crippen molar-refractivity contribution in [1.29, 1.82) is 0 Å². The fraction of sp³-hybridized carbons (Fsp3) is 0.400. The Bertz CT molecular complexity index is 810. The standard InChI is InChI=1S/C25H31NO2/c1-18(2)17-23(27)22-16-15-20(14-13-19-9-5-4-6-10-19)25(26-22)21-11-7-8-12-24(21)28-3/h4-12,15,18,22,25-26H,13-14,16-17H2,1-3H3. The number of para-hydroxylation sites is 1. The van der Waals surface area contributed by atoms with E-state index in [2.05, 4.69) is 55.6 Å². The molecule has 0 amide bonds. The van der Waals surface area contributed by atoms with Crippen LogP contribution in [0.1, 0.15) is 50.3 Å². The Hall–Kier alpha value is -2.39. The normalized spacial score (nSPS) is 19.4. The first-order valence-corrected chi connectivity index (χ1v) is 10.2. The number of carbonyl (C=O) groups is 1. The minimum atomic E-state index is -0.127. The smallest absolute Gasteiger partial charge is 0.150 e. The average Bonchev–Trinajstić information content (AvgIpc) is 2.72. The summed E-state index contributed by atoms with van der Waals surface area (Å²) in [4.78, 5) is 12.7. The largest absolute Gasteiger partial charge is 0.496 e.